The highest BCUT2D eigenvalue weighted by molar-refractivity contribution is 5.70. The van der Waals surface area contributed by atoms with Crippen molar-refractivity contribution in [2.75, 3.05) is 31.1 Å². The van der Waals surface area contributed by atoms with Crippen molar-refractivity contribution < 1.29 is 14.3 Å². The maximum atomic E-state index is 13.1. The average Bonchev–Trinajstić information content (AvgIpc) is 3.63. The quantitative estimate of drug-likeness (QED) is 0.603. The number of fused-ring (bicyclic) bond motifs is 5. The molecule has 1 N–H and O–H groups in total. The number of aromatic nitrogens is 2. The van der Waals surface area contributed by atoms with Crippen LogP contribution in [0.3, 0.4) is 0 Å². The minimum absolute atomic E-state index is 0.142. The fourth-order valence-electron chi connectivity index (χ4n) is 7.97. The van der Waals surface area contributed by atoms with Gasteiger partial charge in [0.25, 0.3) is 0 Å². The molecule has 8 nitrogen and oxygen atoms in total. The van der Waals surface area contributed by atoms with Crippen molar-refractivity contribution in [1.29, 1.82) is 0 Å². The molecule has 7 rings (SSSR count). The molecule has 4 heterocycles. The largest absolute Gasteiger partial charge is 0.462 e. The molecule has 0 radical (unpaired) electrons. The van der Waals surface area contributed by atoms with Crippen molar-refractivity contribution in [3.8, 4) is 6.01 Å². The van der Waals surface area contributed by atoms with Crippen LogP contribution >= 0.6 is 0 Å². The molecule has 1 amide bonds. The van der Waals surface area contributed by atoms with Gasteiger partial charge in [-0.2, -0.15) is 9.97 Å². The smallest absolute Gasteiger partial charge is 0.410 e. The number of carbonyl (C=O) groups is 1. The van der Waals surface area contributed by atoms with Gasteiger partial charge in [-0.15, -0.1) is 0 Å². The third-order valence-electron chi connectivity index (χ3n) is 9.83. The van der Waals surface area contributed by atoms with Crippen molar-refractivity contribution in [3.63, 3.8) is 0 Å². The summed E-state index contributed by atoms with van der Waals surface area (Å²) < 4.78 is 12.1. The topological polar surface area (TPSA) is 79.8 Å². The molecule has 2 bridgehead atoms. The Morgan fingerprint density at radius 1 is 1.07 bits per heavy atom. The average molecular weight is 546 g/mol. The zero-order valence-corrected chi connectivity index (χ0v) is 24.2. The number of hydrogen-bond acceptors (Lipinski definition) is 7. The summed E-state index contributed by atoms with van der Waals surface area (Å²) in [4.78, 5) is 27.7. The number of carbonyl (C=O) groups excluding carboxylic acids is 1. The van der Waals surface area contributed by atoms with E-state index in [-0.39, 0.29) is 23.6 Å². The number of piperazine rings is 1. The lowest BCUT2D eigenvalue weighted by Crippen LogP contribution is -2.57. The Bertz CT molecular complexity index is 1270. The molecule has 8 heteroatoms. The van der Waals surface area contributed by atoms with Crippen LogP contribution in [-0.2, 0) is 29.4 Å². The van der Waals surface area contributed by atoms with E-state index in [4.69, 9.17) is 19.4 Å². The molecule has 3 fully saturated rings. The van der Waals surface area contributed by atoms with Gasteiger partial charge in [0, 0.05) is 30.1 Å². The summed E-state index contributed by atoms with van der Waals surface area (Å²) in [5, 5.41) is 3.53. The third-order valence-corrected chi connectivity index (χ3v) is 9.83. The summed E-state index contributed by atoms with van der Waals surface area (Å²) in [6, 6.07) is 10.2. The minimum atomic E-state index is -0.491. The summed E-state index contributed by atoms with van der Waals surface area (Å²) in [6.07, 6.45) is 9.54. The predicted octanol–water partition coefficient (Wildman–Crippen LogP) is 4.57. The van der Waals surface area contributed by atoms with Crippen LogP contribution in [0.4, 0.5) is 10.6 Å². The van der Waals surface area contributed by atoms with E-state index in [0.717, 1.165) is 76.1 Å². The number of anilines is 1. The van der Waals surface area contributed by atoms with Gasteiger partial charge in [-0.25, -0.2) is 4.79 Å². The second-order valence-electron chi connectivity index (χ2n) is 13.7. The van der Waals surface area contributed by atoms with Crippen LogP contribution in [0.5, 0.6) is 6.01 Å². The first-order chi connectivity index (χ1) is 19.3. The normalized spacial score (nSPS) is 29.0. The minimum Gasteiger partial charge on any atom is -0.462 e. The molecule has 3 aliphatic heterocycles. The van der Waals surface area contributed by atoms with Crippen molar-refractivity contribution in [2.24, 2.45) is 0 Å². The zero-order chi connectivity index (χ0) is 27.5. The van der Waals surface area contributed by atoms with Gasteiger partial charge in [-0.3, -0.25) is 4.90 Å². The Morgan fingerprint density at radius 2 is 1.85 bits per heavy atom. The highest BCUT2D eigenvalue weighted by atomic mass is 16.6. The summed E-state index contributed by atoms with van der Waals surface area (Å²) in [6.45, 7) is 9.02. The van der Waals surface area contributed by atoms with E-state index in [1.807, 2.05) is 25.7 Å². The number of amides is 1. The lowest BCUT2D eigenvalue weighted by Gasteiger charge is -2.43. The Hall–Kier alpha value is -2.87. The summed E-state index contributed by atoms with van der Waals surface area (Å²) in [5.74, 6) is 1.03. The molecular weight excluding hydrogens is 502 g/mol. The molecule has 1 aromatic carbocycles. The van der Waals surface area contributed by atoms with Gasteiger partial charge >= 0.3 is 12.1 Å². The molecular formula is C32H43N5O3. The summed E-state index contributed by atoms with van der Waals surface area (Å²) >= 11 is 0. The monoisotopic (exact) mass is 545 g/mol. The van der Waals surface area contributed by atoms with E-state index in [9.17, 15) is 4.79 Å². The maximum absolute atomic E-state index is 13.1. The van der Waals surface area contributed by atoms with E-state index in [2.05, 4.69) is 34.5 Å². The first-order valence-electron chi connectivity index (χ1n) is 15.4. The van der Waals surface area contributed by atoms with Crippen molar-refractivity contribution >= 4 is 11.9 Å². The van der Waals surface area contributed by atoms with E-state index in [0.29, 0.717) is 18.7 Å². The van der Waals surface area contributed by atoms with Crippen LogP contribution in [0.2, 0.25) is 0 Å². The SMILES string of the molecule is CC(C)(C)OC(=O)N1C2CCC1CN(c1nc(OC[C@@H]3CCCN3)nc3c1CCC1(CCc4ccccc41)C3)C2. The first kappa shape index (κ1) is 26.1. The van der Waals surface area contributed by atoms with Gasteiger partial charge in [-0.1, -0.05) is 24.3 Å². The van der Waals surface area contributed by atoms with Gasteiger partial charge in [0.15, 0.2) is 0 Å². The molecule has 214 valence electrons. The highest BCUT2D eigenvalue weighted by Crippen LogP contribution is 2.49. The summed E-state index contributed by atoms with van der Waals surface area (Å²) in [7, 11) is 0. The number of ether oxygens (including phenoxy) is 2. The van der Waals surface area contributed by atoms with E-state index in [1.165, 1.54) is 29.5 Å². The molecule has 2 aromatic rings. The van der Waals surface area contributed by atoms with Crippen LogP contribution in [0.25, 0.3) is 0 Å². The van der Waals surface area contributed by atoms with Gasteiger partial charge in [0.1, 0.15) is 18.0 Å². The maximum Gasteiger partial charge on any atom is 0.410 e. The van der Waals surface area contributed by atoms with Crippen LogP contribution in [0.1, 0.15) is 81.7 Å². The number of hydrogen-bond donors (Lipinski definition) is 1. The molecule has 1 aromatic heterocycles. The second kappa shape index (κ2) is 9.89. The Kier molecular flexibility index (Phi) is 6.45. The highest BCUT2D eigenvalue weighted by Gasteiger charge is 2.47. The molecule has 3 saturated heterocycles. The lowest BCUT2D eigenvalue weighted by molar-refractivity contribution is 0.0122. The Morgan fingerprint density at radius 3 is 2.60 bits per heavy atom. The fourth-order valence-corrected chi connectivity index (χ4v) is 7.97. The number of nitrogens with zero attached hydrogens (tertiary/aromatic N) is 4. The summed E-state index contributed by atoms with van der Waals surface area (Å²) in [5.41, 5.74) is 5.12. The van der Waals surface area contributed by atoms with Gasteiger partial charge < -0.3 is 19.7 Å². The van der Waals surface area contributed by atoms with Gasteiger partial charge in [-0.05, 0) is 96.2 Å². The van der Waals surface area contributed by atoms with Crippen LogP contribution in [-0.4, -0.2) is 70.9 Å². The van der Waals surface area contributed by atoms with Gasteiger partial charge in [0.05, 0.1) is 17.8 Å². The standard InChI is InChI=1S/C32H43N5O3/c1-31(2,3)40-30(38)37-23-10-11-24(37)19-36(18-23)28-25-13-15-32(14-12-21-7-4-5-9-26(21)32)17-27(25)34-29(35-28)39-20-22-8-6-16-33-22/h4-5,7,9,22-24,33H,6,8,10-20H2,1-3H3/t22-,23?,24?,32?/m0/s1. The molecule has 2 aliphatic carbocycles. The van der Waals surface area contributed by atoms with Crippen LogP contribution in [0.15, 0.2) is 24.3 Å². The lowest BCUT2D eigenvalue weighted by atomic mass is 9.69. The number of rotatable bonds is 4. The van der Waals surface area contributed by atoms with E-state index >= 15 is 0 Å². The number of aryl methyl sites for hydroxylation is 1. The molecule has 5 aliphatic rings. The Labute approximate surface area is 237 Å². The van der Waals surface area contributed by atoms with Gasteiger partial charge in [0.2, 0.25) is 0 Å². The molecule has 0 saturated carbocycles. The van der Waals surface area contributed by atoms with Crippen molar-refractivity contribution in [1.82, 2.24) is 20.2 Å². The van der Waals surface area contributed by atoms with E-state index < -0.39 is 5.60 Å². The first-order valence-corrected chi connectivity index (χ1v) is 15.4. The Balaban J connectivity index is 1.19. The van der Waals surface area contributed by atoms with E-state index in [1.54, 1.807) is 0 Å². The fraction of sp³-hybridized carbons (Fsp3) is 0.656. The third kappa shape index (κ3) is 4.72. The molecule has 4 atom stereocenters. The van der Waals surface area contributed by atoms with Crippen LogP contribution in [0, 0.1) is 0 Å². The van der Waals surface area contributed by atoms with Crippen molar-refractivity contribution in [3.05, 3.63) is 46.6 Å². The predicted molar refractivity (Wildman–Crippen MR) is 154 cm³/mol. The zero-order valence-electron chi connectivity index (χ0n) is 24.2. The molecule has 1 spiro atoms. The number of benzene rings is 1. The second-order valence-corrected chi connectivity index (χ2v) is 13.7. The molecule has 3 unspecified atom stereocenters. The van der Waals surface area contributed by atoms with Crippen molar-refractivity contribution in [2.45, 2.75) is 108 Å². The molecule has 40 heavy (non-hydrogen) atoms. The number of nitrogens with one attached hydrogen (secondary N) is 1. The van der Waals surface area contributed by atoms with Crippen LogP contribution < -0.4 is 15.0 Å².